The molecule has 0 saturated heterocycles. The Balaban J connectivity index is 4.27. The smallest absolute Gasteiger partial charge is 0.306 e. The van der Waals surface area contributed by atoms with Crippen LogP contribution >= 0.6 is 0 Å². The lowest BCUT2D eigenvalue weighted by Crippen LogP contribution is -2.44. The average molecular weight is 1280 g/mol. The summed E-state index contributed by atoms with van der Waals surface area (Å²) >= 11 is 0. The number of carbonyl (C=O) groups excluding carboxylic acids is 3. The fraction of sp³-hybridized carbons (Fsp3) is 0.536. The quantitative estimate of drug-likeness (QED) is 0.0195. The molecule has 2 unspecified atom stereocenters. The van der Waals surface area contributed by atoms with Crippen molar-refractivity contribution in [3.8, 4) is 0 Å². The molecule has 518 valence electrons. The number of quaternary nitrogens is 1. The maximum atomic E-state index is 12.9. The van der Waals surface area contributed by atoms with Gasteiger partial charge in [-0.25, -0.2) is 0 Å². The van der Waals surface area contributed by atoms with Gasteiger partial charge in [-0.3, -0.25) is 9.59 Å². The Hall–Kier alpha value is -6.39. The van der Waals surface area contributed by atoms with E-state index in [1.54, 1.807) is 0 Å². The number of carboxylic acid groups (broad SMARTS) is 1. The van der Waals surface area contributed by atoms with Gasteiger partial charge in [-0.2, -0.15) is 0 Å². The van der Waals surface area contributed by atoms with Crippen LogP contribution in [0.4, 0.5) is 0 Å². The summed E-state index contributed by atoms with van der Waals surface area (Å²) in [5.41, 5.74) is 0. The number of nitrogens with zero attached hydrogens (tertiary/aromatic N) is 1. The number of aliphatic carboxylic acids is 1. The van der Waals surface area contributed by atoms with Gasteiger partial charge >= 0.3 is 11.9 Å². The van der Waals surface area contributed by atoms with E-state index in [1.807, 2.05) is 21.1 Å². The molecule has 0 aromatic heterocycles. The van der Waals surface area contributed by atoms with Crippen molar-refractivity contribution in [2.24, 2.45) is 0 Å². The molecule has 0 aliphatic carbocycles. The van der Waals surface area contributed by atoms with Crippen LogP contribution in [-0.4, -0.2) is 82.3 Å². The van der Waals surface area contributed by atoms with E-state index in [0.717, 1.165) is 148 Å². The van der Waals surface area contributed by atoms with Crippen LogP contribution in [0.5, 0.6) is 0 Å². The fourth-order valence-electron chi connectivity index (χ4n) is 8.82. The highest BCUT2D eigenvalue weighted by atomic mass is 16.7. The standard InChI is InChI=1S/C84H129NO8/c1-6-8-10-12-14-16-18-20-22-24-26-28-30-32-34-36-37-38-39-40-41-42-43-44-45-47-49-51-53-55-57-59-61-63-65-67-69-71-73-75-82(87)93-80(79-92-84(83(88)89)90-77-76-85(3,4)5)78-91-81(86)74-72-70-68-66-64-62-60-58-56-54-52-50-48-46-35-33-31-29-27-25-23-21-19-17-15-13-11-9-7-2/h8-11,14-17,20-23,26-29,32-35,37-38,40-41,43-44,47-50,54,56,60,62,66,68,80,84H,6-7,12-13,18-19,24-25,30-31,36,39,42,45-46,51-53,55,57-59,61,63-65,67,69-79H2,1-5H3/b10-8-,11-9-,16-14-,17-15-,22-20-,23-21-,28-26-,29-27-,34-32-,35-33-,38-37-,41-40-,44-43-,49-47-,50-48-,56-54-,62-60-,68-66-. The van der Waals surface area contributed by atoms with Crippen LogP contribution in [0.2, 0.25) is 0 Å². The number of esters is 2. The summed E-state index contributed by atoms with van der Waals surface area (Å²) in [5, 5.41) is 11.8. The fourth-order valence-corrected chi connectivity index (χ4v) is 8.82. The minimum Gasteiger partial charge on any atom is -0.545 e. The Morgan fingerprint density at radius 2 is 0.591 bits per heavy atom. The predicted molar refractivity (Wildman–Crippen MR) is 397 cm³/mol. The molecule has 0 aromatic carbocycles. The summed E-state index contributed by atoms with van der Waals surface area (Å²) in [4.78, 5) is 37.5. The van der Waals surface area contributed by atoms with E-state index >= 15 is 0 Å². The lowest BCUT2D eigenvalue weighted by molar-refractivity contribution is -0.870. The third kappa shape index (κ3) is 72.9. The molecule has 0 aromatic rings. The predicted octanol–water partition coefficient (Wildman–Crippen LogP) is 21.6. The Kier molecular flexibility index (Phi) is 66.5. The highest BCUT2D eigenvalue weighted by Gasteiger charge is 2.22. The van der Waals surface area contributed by atoms with Crippen molar-refractivity contribution < 1.29 is 42.9 Å². The van der Waals surface area contributed by atoms with Crippen molar-refractivity contribution in [1.82, 2.24) is 0 Å². The van der Waals surface area contributed by atoms with Gasteiger partial charge in [-0.1, -0.05) is 290 Å². The van der Waals surface area contributed by atoms with E-state index in [4.69, 9.17) is 18.9 Å². The average Bonchev–Trinajstić information content (AvgIpc) is 3.38. The van der Waals surface area contributed by atoms with Crippen LogP contribution in [0.3, 0.4) is 0 Å². The highest BCUT2D eigenvalue weighted by Crippen LogP contribution is 2.15. The Labute approximate surface area is 568 Å². The molecule has 0 amide bonds. The SMILES string of the molecule is CC/C=C\C/C=C\C/C=C\C/C=C\C/C=C\C/C=C\C/C=C\C/C=C\C/C=C\CCCCCCCCCCCCCC(=O)OC(COC(=O)CCC/C=C\C/C=C\C/C=C\C/C=C\C/C=C\C/C=C\C/C=C\C/C=C\C/C=C\CC)COC(OCC[N+](C)(C)C)C(=O)[O-]. The van der Waals surface area contributed by atoms with Gasteiger partial charge in [-0.15, -0.1) is 0 Å². The van der Waals surface area contributed by atoms with Crippen molar-refractivity contribution in [3.05, 3.63) is 219 Å². The first kappa shape index (κ1) is 86.6. The second-order valence-electron chi connectivity index (χ2n) is 24.1. The number of rotatable bonds is 63. The molecule has 0 rings (SSSR count). The zero-order valence-corrected chi connectivity index (χ0v) is 59.0. The van der Waals surface area contributed by atoms with Crippen LogP contribution in [0.1, 0.15) is 232 Å². The van der Waals surface area contributed by atoms with Crippen molar-refractivity contribution >= 4 is 17.9 Å². The molecule has 0 spiro atoms. The summed E-state index contributed by atoms with van der Waals surface area (Å²) in [6.07, 6.45) is 110. The van der Waals surface area contributed by atoms with Gasteiger partial charge in [0.2, 0.25) is 0 Å². The molecule has 0 N–H and O–H groups in total. The molecule has 0 aliphatic rings. The molecule has 0 heterocycles. The number of likely N-dealkylation sites (N-methyl/N-ethyl adjacent to an activating group) is 1. The van der Waals surface area contributed by atoms with E-state index in [0.29, 0.717) is 23.9 Å². The maximum Gasteiger partial charge on any atom is 0.306 e. The first-order chi connectivity index (χ1) is 45.6. The Morgan fingerprint density at radius 1 is 0.323 bits per heavy atom. The van der Waals surface area contributed by atoms with Crippen molar-refractivity contribution in [3.63, 3.8) is 0 Å². The minimum absolute atomic E-state index is 0.126. The zero-order chi connectivity index (χ0) is 67.5. The van der Waals surface area contributed by atoms with E-state index < -0.39 is 30.3 Å². The molecule has 2 atom stereocenters. The molecule has 9 nitrogen and oxygen atoms in total. The molecule has 0 bridgehead atoms. The topological polar surface area (TPSA) is 111 Å². The van der Waals surface area contributed by atoms with Crippen LogP contribution in [0.15, 0.2) is 219 Å². The van der Waals surface area contributed by atoms with Crippen LogP contribution < -0.4 is 5.11 Å². The summed E-state index contributed by atoms with van der Waals surface area (Å²) in [6, 6.07) is 0. The zero-order valence-electron chi connectivity index (χ0n) is 59.0. The number of carboxylic acids is 1. The molecular weight excluding hydrogens is 1150 g/mol. The summed E-state index contributed by atoms with van der Waals surface area (Å²) < 4.78 is 22.7. The van der Waals surface area contributed by atoms with Crippen LogP contribution in [-0.2, 0) is 33.3 Å². The third-order valence-corrected chi connectivity index (χ3v) is 14.2. The number of hydrogen-bond acceptors (Lipinski definition) is 8. The number of allylic oxidation sites excluding steroid dienone is 36. The molecular formula is C84H129NO8. The van der Waals surface area contributed by atoms with Crippen molar-refractivity contribution in [2.45, 2.75) is 245 Å². The van der Waals surface area contributed by atoms with Gasteiger partial charge in [0.1, 0.15) is 13.2 Å². The first-order valence-corrected chi connectivity index (χ1v) is 35.9. The lowest BCUT2D eigenvalue weighted by atomic mass is 10.0. The van der Waals surface area contributed by atoms with Crippen LogP contribution in [0, 0.1) is 0 Å². The monoisotopic (exact) mass is 1280 g/mol. The summed E-state index contributed by atoms with van der Waals surface area (Å²) in [5.74, 6) is -2.39. The summed E-state index contributed by atoms with van der Waals surface area (Å²) in [6.45, 7) is 4.42. The molecule has 0 fully saturated rings. The molecule has 9 heteroatoms. The Morgan fingerprint density at radius 3 is 0.892 bits per heavy atom. The maximum absolute atomic E-state index is 12.9. The van der Waals surface area contributed by atoms with Crippen LogP contribution in [0.25, 0.3) is 0 Å². The third-order valence-electron chi connectivity index (χ3n) is 14.2. The van der Waals surface area contributed by atoms with E-state index in [-0.39, 0.29) is 32.7 Å². The molecule has 93 heavy (non-hydrogen) atoms. The summed E-state index contributed by atoms with van der Waals surface area (Å²) in [7, 11) is 5.90. The highest BCUT2D eigenvalue weighted by molar-refractivity contribution is 5.70. The first-order valence-electron chi connectivity index (χ1n) is 35.9. The van der Waals surface area contributed by atoms with Gasteiger partial charge in [0.25, 0.3) is 0 Å². The largest absolute Gasteiger partial charge is 0.545 e. The second kappa shape index (κ2) is 71.5. The second-order valence-corrected chi connectivity index (χ2v) is 24.1. The van der Waals surface area contributed by atoms with Gasteiger partial charge in [0, 0.05) is 12.8 Å². The van der Waals surface area contributed by atoms with Crippen molar-refractivity contribution in [2.75, 3.05) is 47.5 Å². The lowest BCUT2D eigenvalue weighted by Gasteiger charge is -2.26. The van der Waals surface area contributed by atoms with Gasteiger partial charge in [0.15, 0.2) is 12.4 Å². The number of ether oxygens (including phenoxy) is 4. The number of carbonyl (C=O) groups is 3. The molecule has 0 aliphatic heterocycles. The van der Waals surface area contributed by atoms with E-state index in [9.17, 15) is 19.5 Å². The normalized spacial score (nSPS) is 14.0. The van der Waals surface area contributed by atoms with E-state index in [1.165, 1.54) is 44.9 Å². The number of hydrogen-bond donors (Lipinski definition) is 0. The Bertz CT molecular complexity index is 2330. The van der Waals surface area contributed by atoms with Gasteiger partial charge < -0.3 is 33.3 Å². The minimum atomic E-state index is -1.65. The van der Waals surface area contributed by atoms with E-state index in [2.05, 4.69) is 233 Å². The van der Waals surface area contributed by atoms with Crippen molar-refractivity contribution in [1.29, 1.82) is 0 Å². The molecule has 0 saturated carbocycles. The van der Waals surface area contributed by atoms with Gasteiger partial charge in [-0.05, 0) is 148 Å². The van der Waals surface area contributed by atoms with Gasteiger partial charge in [0.05, 0.1) is 40.3 Å². The molecule has 0 radical (unpaired) electrons. The number of unbranched alkanes of at least 4 members (excludes halogenated alkanes) is 12.